The van der Waals surface area contributed by atoms with Crippen LogP contribution in [0.3, 0.4) is 0 Å². The molecule has 2 heterocycles. The van der Waals surface area contributed by atoms with Crippen LogP contribution in [0.4, 0.5) is 16.3 Å². The van der Waals surface area contributed by atoms with Gasteiger partial charge in [-0.15, -0.1) is 0 Å². The van der Waals surface area contributed by atoms with Crippen LogP contribution >= 0.6 is 0 Å². The highest BCUT2D eigenvalue weighted by Gasteiger charge is 2.28. The SMILES string of the molecule is Cc1n[nH]cc1S(=O)(=O)N(C)c1cncnc1N[C@@H](Cc1ccc(OC(=O)N(C)C)cc1)C(=O)O. The van der Waals surface area contributed by atoms with Crippen LogP contribution in [-0.4, -0.2) is 77.8 Å². The lowest BCUT2D eigenvalue weighted by molar-refractivity contribution is -0.137. The summed E-state index contributed by atoms with van der Waals surface area (Å²) in [6.45, 7) is 1.55. The fraction of sp³-hybridized carbons (Fsp3) is 0.286. The third-order valence-electron chi connectivity index (χ3n) is 5.00. The Bertz CT molecular complexity index is 1310. The van der Waals surface area contributed by atoms with Crippen molar-refractivity contribution in [1.82, 2.24) is 25.1 Å². The maximum absolute atomic E-state index is 13.1. The van der Waals surface area contributed by atoms with E-state index in [2.05, 4.69) is 25.5 Å². The molecule has 0 spiro atoms. The van der Waals surface area contributed by atoms with E-state index in [0.717, 1.165) is 4.31 Å². The highest BCUT2D eigenvalue weighted by atomic mass is 32.2. The van der Waals surface area contributed by atoms with Crippen molar-refractivity contribution in [2.45, 2.75) is 24.3 Å². The topological polar surface area (TPSA) is 171 Å². The summed E-state index contributed by atoms with van der Waals surface area (Å²) in [7, 11) is 0.416. The number of aromatic nitrogens is 4. The molecule has 3 N–H and O–H groups in total. The number of sulfonamides is 1. The Kier molecular flexibility index (Phi) is 7.54. The molecule has 0 bridgehead atoms. The number of H-pyrrole nitrogens is 1. The molecule has 35 heavy (non-hydrogen) atoms. The van der Waals surface area contributed by atoms with E-state index in [-0.39, 0.29) is 28.5 Å². The van der Waals surface area contributed by atoms with E-state index < -0.39 is 28.1 Å². The number of carbonyl (C=O) groups excluding carboxylic acids is 1. The molecule has 0 radical (unpaired) electrons. The van der Waals surface area contributed by atoms with Gasteiger partial charge < -0.3 is 20.1 Å². The molecule has 14 heteroatoms. The third kappa shape index (κ3) is 5.84. The number of carbonyl (C=O) groups is 2. The van der Waals surface area contributed by atoms with E-state index in [0.29, 0.717) is 11.3 Å². The van der Waals surface area contributed by atoms with Crippen LogP contribution in [0.5, 0.6) is 5.75 Å². The zero-order chi connectivity index (χ0) is 25.8. The lowest BCUT2D eigenvalue weighted by atomic mass is 10.1. The van der Waals surface area contributed by atoms with Crippen molar-refractivity contribution >= 4 is 33.6 Å². The van der Waals surface area contributed by atoms with Crippen LogP contribution in [0, 0.1) is 6.92 Å². The molecular formula is C21H25N7O6S. The number of nitrogens with one attached hydrogen (secondary N) is 2. The molecule has 2 aromatic heterocycles. The second kappa shape index (κ2) is 10.4. The molecule has 0 aliphatic heterocycles. The van der Waals surface area contributed by atoms with Crippen LogP contribution in [0.2, 0.25) is 0 Å². The minimum Gasteiger partial charge on any atom is -0.480 e. The van der Waals surface area contributed by atoms with Crippen molar-refractivity contribution in [1.29, 1.82) is 0 Å². The van der Waals surface area contributed by atoms with Gasteiger partial charge in [-0.2, -0.15) is 5.10 Å². The van der Waals surface area contributed by atoms with E-state index in [9.17, 15) is 23.1 Å². The number of aliphatic carboxylic acids is 1. The Balaban J connectivity index is 1.81. The van der Waals surface area contributed by atoms with Crippen LogP contribution in [0.15, 0.2) is 47.9 Å². The first kappa shape index (κ1) is 25.4. The molecule has 0 unspecified atom stereocenters. The van der Waals surface area contributed by atoms with Gasteiger partial charge in [0.05, 0.1) is 11.9 Å². The van der Waals surface area contributed by atoms with Gasteiger partial charge in [-0.3, -0.25) is 9.40 Å². The number of ether oxygens (including phenoxy) is 1. The maximum atomic E-state index is 13.1. The Hall–Kier alpha value is -4.20. The largest absolute Gasteiger partial charge is 0.480 e. The summed E-state index contributed by atoms with van der Waals surface area (Å²) >= 11 is 0. The summed E-state index contributed by atoms with van der Waals surface area (Å²) in [5.41, 5.74) is 0.983. The number of aromatic amines is 1. The van der Waals surface area contributed by atoms with E-state index >= 15 is 0 Å². The Morgan fingerprint density at radius 3 is 2.46 bits per heavy atom. The van der Waals surface area contributed by atoms with Crippen LogP contribution in [0.25, 0.3) is 0 Å². The highest BCUT2D eigenvalue weighted by Crippen LogP contribution is 2.28. The van der Waals surface area contributed by atoms with Gasteiger partial charge in [-0.25, -0.2) is 28.0 Å². The molecule has 186 valence electrons. The van der Waals surface area contributed by atoms with Crippen molar-refractivity contribution in [3.8, 4) is 5.75 Å². The monoisotopic (exact) mass is 503 g/mol. The maximum Gasteiger partial charge on any atom is 0.414 e. The molecule has 1 atom stereocenters. The summed E-state index contributed by atoms with van der Waals surface area (Å²) in [5, 5.41) is 18.9. The van der Waals surface area contributed by atoms with Crippen LogP contribution < -0.4 is 14.4 Å². The number of benzene rings is 1. The molecule has 0 aliphatic carbocycles. The number of anilines is 2. The molecule has 0 saturated heterocycles. The summed E-state index contributed by atoms with van der Waals surface area (Å²) in [6, 6.07) is 5.23. The molecule has 0 saturated carbocycles. The normalized spacial score (nSPS) is 12.0. The van der Waals surface area contributed by atoms with Crippen LogP contribution in [0.1, 0.15) is 11.3 Å². The molecule has 0 aliphatic rings. The van der Waals surface area contributed by atoms with E-state index in [4.69, 9.17) is 4.74 Å². The Morgan fingerprint density at radius 1 is 1.20 bits per heavy atom. The lowest BCUT2D eigenvalue weighted by Crippen LogP contribution is -2.34. The quantitative estimate of drug-likeness (QED) is 0.389. The molecule has 1 aromatic carbocycles. The first-order valence-electron chi connectivity index (χ1n) is 10.3. The zero-order valence-electron chi connectivity index (χ0n) is 19.5. The number of aryl methyl sites for hydroxylation is 1. The highest BCUT2D eigenvalue weighted by molar-refractivity contribution is 7.92. The number of nitrogens with zero attached hydrogens (tertiary/aromatic N) is 5. The summed E-state index contributed by atoms with van der Waals surface area (Å²) in [6.07, 6.45) is 3.22. The molecular weight excluding hydrogens is 478 g/mol. The molecule has 13 nitrogen and oxygen atoms in total. The van der Waals surface area contributed by atoms with Crippen molar-refractivity contribution in [2.75, 3.05) is 30.8 Å². The van der Waals surface area contributed by atoms with Crippen LogP contribution in [-0.2, 0) is 21.2 Å². The second-order valence-electron chi connectivity index (χ2n) is 7.71. The predicted octanol–water partition coefficient (Wildman–Crippen LogP) is 1.50. The molecule has 1 amide bonds. The van der Waals surface area contributed by atoms with Crippen molar-refractivity contribution in [2.24, 2.45) is 0 Å². The molecule has 3 aromatic rings. The minimum absolute atomic E-state index is 0.0242. The fourth-order valence-corrected chi connectivity index (χ4v) is 4.34. The lowest BCUT2D eigenvalue weighted by Gasteiger charge is -2.23. The molecule has 0 fully saturated rings. The first-order chi connectivity index (χ1) is 16.5. The van der Waals surface area contributed by atoms with Gasteiger partial charge in [0.25, 0.3) is 10.0 Å². The van der Waals surface area contributed by atoms with E-state index in [1.807, 2.05) is 0 Å². The van der Waals surface area contributed by atoms with E-state index in [1.54, 1.807) is 45.3 Å². The van der Waals surface area contributed by atoms with Gasteiger partial charge in [0, 0.05) is 33.8 Å². The van der Waals surface area contributed by atoms with Gasteiger partial charge in [0.1, 0.15) is 28.7 Å². The van der Waals surface area contributed by atoms with Gasteiger partial charge in [0.15, 0.2) is 5.82 Å². The van der Waals surface area contributed by atoms with Crippen molar-refractivity contribution < 1.29 is 27.9 Å². The Morgan fingerprint density at radius 2 is 1.89 bits per heavy atom. The van der Waals surface area contributed by atoms with Crippen molar-refractivity contribution in [3.05, 3.63) is 54.2 Å². The Labute approximate surface area is 201 Å². The number of hydrogen-bond donors (Lipinski definition) is 3. The average molecular weight is 504 g/mol. The van der Waals surface area contributed by atoms with Gasteiger partial charge in [-0.1, -0.05) is 12.1 Å². The number of carboxylic acids is 1. The summed E-state index contributed by atoms with van der Waals surface area (Å²) < 4.78 is 32.2. The second-order valence-corrected chi connectivity index (χ2v) is 9.65. The van der Waals surface area contributed by atoms with Gasteiger partial charge in [-0.05, 0) is 24.6 Å². The number of rotatable bonds is 9. The standard InChI is InChI=1S/C21H25N7O6S/c1-13-18(11-24-26-13)35(32,33)28(4)17-10-22-12-23-19(17)25-16(20(29)30)9-14-5-7-15(8-6-14)34-21(31)27(2)3/h5-8,10-12,16H,9H2,1-4H3,(H,24,26)(H,29,30)(H,22,23,25)/t16-/m0/s1. The first-order valence-corrected chi connectivity index (χ1v) is 11.7. The van der Waals surface area contributed by atoms with E-state index in [1.165, 1.54) is 30.7 Å². The predicted molar refractivity (Wildman–Crippen MR) is 126 cm³/mol. The minimum atomic E-state index is -4.01. The van der Waals surface area contributed by atoms with Crippen molar-refractivity contribution in [3.63, 3.8) is 0 Å². The summed E-state index contributed by atoms with van der Waals surface area (Å²) in [5.74, 6) is -0.836. The number of amides is 1. The third-order valence-corrected chi connectivity index (χ3v) is 6.88. The summed E-state index contributed by atoms with van der Waals surface area (Å²) in [4.78, 5) is 32.9. The van der Waals surface area contributed by atoms with Gasteiger partial charge >= 0.3 is 12.1 Å². The number of carboxylic acid groups (broad SMARTS) is 1. The fourth-order valence-electron chi connectivity index (χ4n) is 3.04. The van der Waals surface area contributed by atoms with Gasteiger partial charge in [0.2, 0.25) is 0 Å². The molecule has 3 rings (SSSR count). The zero-order valence-corrected chi connectivity index (χ0v) is 20.3. The average Bonchev–Trinajstić information content (AvgIpc) is 3.26. The smallest absolute Gasteiger partial charge is 0.414 e. The number of hydrogen-bond acceptors (Lipinski definition) is 9.